The van der Waals surface area contributed by atoms with E-state index in [0.29, 0.717) is 25.4 Å². The Morgan fingerprint density at radius 2 is 2.05 bits per heavy atom. The normalized spacial score (nSPS) is 21.9. The van der Waals surface area contributed by atoms with Crippen molar-refractivity contribution in [1.29, 1.82) is 0 Å². The molecule has 0 spiro atoms. The lowest BCUT2D eigenvalue weighted by Gasteiger charge is -2.37. The molecular weight excluding hydrogens is 242 g/mol. The summed E-state index contributed by atoms with van der Waals surface area (Å²) in [5, 5.41) is 5.79. The summed E-state index contributed by atoms with van der Waals surface area (Å²) in [6.45, 7) is 10.4. The van der Waals surface area contributed by atoms with Crippen LogP contribution in [-0.4, -0.2) is 49.4 Å². The lowest BCUT2D eigenvalue weighted by atomic mass is 9.80. The van der Waals surface area contributed by atoms with Crippen molar-refractivity contribution in [3.8, 4) is 0 Å². The Morgan fingerprint density at radius 1 is 1.42 bits per heavy atom. The number of carbonyl (C=O) groups is 2. The smallest absolute Gasteiger partial charge is 0.243 e. The van der Waals surface area contributed by atoms with Crippen molar-refractivity contribution in [3.63, 3.8) is 0 Å². The van der Waals surface area contributed by atoms with Crippen LogP contribution in [0.3, 0.4) is 0 Å². The lowest BCUT2D eigenvalue weighted by Crippen LogP contribution is -2.59. The minimum absolute atomic E-state index is 0.0810. The van der Waals surface area contributed by atoms with E-state index in [2.05, 4.69) is 38.3 Å². The van der Waals surface area contributed by atoms with Gasteiger partial charge in [-0.1, -0.05) is 27.7 Å². The van der Waals surface area contributed by atoms with Crippen molar-refractivity contribution >= 4 is 11.8 Å². The maximum atomic E-state index is 12.4. The number of amides is 2. The first-order valence-corrected chi connectivity index (χ1v) is 6.99. The van der Waals surface area contributed by atoms with E-state index < -0.39 is 0 Å². The zero-order valence-corrected chi connectivity index (χ0v) is 12.7. The third kappa shape index (κ3) is 4.20. The first-order valence-electron chi connectivity index (χ1n) is 6.99. The van der Waals surface area contributed by atoms with Gasteiger partial charge in [-0.15, -0.1) is 0 Å². The highest BCUT2D eigenvalue weighted by Crippen LogP contribution is 2.28. The number of rotatable bonds is 3. The highest BCUT2D eigenvalue weighted by molar-refractivity contribution is 5.88. The molecule has 110 valence electrons. The van der Waals surface area contributed by atoms with Crippen molar-refractivity contribution in [2.75, 3.05) is 26.7 Å². The van der Waals surface area contributed by atoms with Gasteiger partial charge in [-0.3, -0.25) is 9.59 Å². The van der Waals surface area contributed by atoms with E-state index in [9.17, 15) is 9.59 Å². The van der Waals surface area contributed by atoms with Gasteiger partial charge in [-0.2, -0.15) is 0 Å². The summed E-state index contributed by atoms with van der Waals surface area (Å²) >= 11 is 0. The minimum Gasteiger partial charge on any atom is -0.357 e. The van der Waals surface area contributed by atoms with E-state index in [1.165, 1.54) is 0 Å². The second-order valence-corrected chi connectivity index (χ2v) is 6.39. The van der Waals surface area contributed by atoms with Crippen molar-refractivity contribution in [2.45, 2.75) is 40.2 Å². The molecule has 0 saturated carbocycles. The maximum Gasteiger partial charge on any atom is 0.243 e. The van der Waals surface area contributed by atoms with Gasteiger partial charge in [0.25, 0.3) is 0 Å². The highest BCUT2D eigenvalue weighted by Gasteiger charge is 2.33. The molecule has 5 nitrogen and oxygen atoms in total. The van der Waals surface area contributed by atoms with Crippen LogP contribution in [0.2, 0.25) is 0 Å². The van der Waals surface area contributed by atoms with E-state index in [1.54, 1.807) is 11.9 Å². The quantitative estimate of drug-likeness (QED) is 0.789. The van der Waals surface area contributed by atoms with Crippen LogP contribution in [0.1, 0.15) is 34.1 Å². The molecule has 0 radical (unpaired) electrons. The molecule has 0 aromatic rings. The maximum absolute atomic E-state index is 12.4. The fourth-order valence-corrected chi connectivity index (χ4v) is 2.09. The Hall–Kier alpha value is -1.10. The molecule has 2 amide bonds. The topological polar surface area (TPSA) is 61.4 Å². The highest BCUT2D eigenvalue weighted by atomic mass is 16.2. The van der Waals surface area contributed by atoms with Gasteiger partial charge in [0.1, 0.15) is 6.04 Å². The molecule has 2 unspecified atom stereocenters. The number of nitrogens with one attached hydrogen (secondary N) is 2. The third-order valence-electron chi connectivity index (χ3n) is 4.07. The molecule has 0 aliphatic carbocycles. The molecular formula is C14H27N3O2. The zero-order valence-electron chi connectivity index (χ0n) is 12.7. The molecule has 1 saturated heterocycles. The molecule has 0 aromatic heterocycles. The Labute approximate surface area is 116 Å². The summed E-state index contributed by atoms with van der Waals surface area (Å²) in [5.41, 5.74) is 0.103. The monoisotopic (exact) mass is 269 g/mol. The van der Waals surface area contributed by atoms with Gasteiger partial charge in [0.15, 0.2) is 0 Å². The van der Waals surface area contributed by atoms with E-state index in [1.807, 2.05) is 0 Å². The van der Waals surface area contributed by atoms with Crippen LogP contribution < -0.4 is 10.6 Å². The Bertz CT molecular complexity index is 336. The van der Waals surface area contributed by atoms with Crippen LogP contribution in [0.25, 0.3) is 0 Å². The SMILES string of the molecule is CNC(=O)C1CNCCN1C(=O)CC(C)C(C)(C)C. The van der Waals surface area contributed by atoms with Gasteiger partial charge in [0, 0.05) is 33.1 Å². The average Bonchev–Trinajstić information content (AvgIpc) is 2.36. The summed E-state index contributed by atoms with van der Waals surface area (Å²) in [7, 11) is 1.61. The van der Waals surface area contributed by atoms with Crippen LogP contribution in [-0.2, 0) is 9.59 Å². The lowest BCUT2D eigenvalue weighted by molar-refractivity contribution is -0.142. The summed E-state index contributed by atoms with van der Waals surface area (Å²) < 4.78 is 0. The molecule has 1 heterocycles. The zero-order chi connectivity index (χ0) is 14.6. The van der Waals surface area contributed by atoms with Crippen LogP contribution in [0.4, 0.5) is 0 Å². The number of nitrogens with zero attached hydrogens (tertiary/aromatic N) is 1. The first-order chi connectivity index (χ1) is 8.77. The summed E-state index contributed by atoms with van der Waals surface area (Å²) in [6, 6.07) is -0.376. The first kappa shape index (κ1) is 16.0. The third-order valence-corrected chi connectivity index (χ3v) is 4.07. The fraction of sp³-hybridized carbons (Fsp3) is 0.857. The number of piperazine rings is 1. The van der Waals surface area contributed by atoms with Crippen LogP contribution in [0, 0.1) is 11.3 Å². The molecule has 2 N–H and O–H groups in total. The molecule has 5 heteroatoms. The second kappa shape index (κ2) is 6.37. The fourth-order valence-electron chi connectivity index (χ4n) is 2.09. The molecule has 1 aliphatic rings. The van der Waals surface area contributed by atoms with Gasteiger partial charge in [0.05, 0.1) is 0 Å². The Balaban J connectivity index is 2.70. The number of hydrogen-bond donors (Lipinski definition) is 2. The summed E-state index contributed by atoms with van der Waals surface area (Å²) in [6.07, 6.45) is 0.497. The van der Waals surface area contributed by atoms with Crippen molar-refractivity contribution in [1.82, 2.24) is 15.5 Å². The van der Waals surface area contributed by atoms with Gasteiger partial charge in [-0.25, -0.2) is 0 Å². The number of likely N-dealkylation sites (N-methyl/N-ethyl adjacent to an activating group) is 1. The molecule has 1 rings (SSSR count). The molecule has 0 aromatic carbocycles. The van der Waals surface area contributed by atoms with Crippen molar-refractivity contribution in [2.24, 2.45) is 11.3 Å². The molecule has 19 heavy (non-hydrogen) atoms. The number of hydrogen-bond acceptors (Lipinski definition) is 3. The van der Waals surface area contributed by atoms with Gasteiger partial charge < -0.3 is 15.5 Å². The molecule has 1 fully saturated rings. The standard InChI is InChI=1S/C14H27N3O2/c1-10(14(2,3)4)8-12(18)17-7-6-16-9-11(17)13(19)15-5/h10-11,16H,6-9H2,1-5H3,(H,15,19). The predicted octanol–water partition coefficient (Wildman–Crippen LogP) is 0.605. The van der Waals surface area contributed by atoms with Gasteiger partial charge >= 0.3 is 0 Å². The van der Waals surface area contributed by atoms with Crippen LogP contribution in [0.15, 0.2) is 0 Å². The van der Waals surface area contributed by atoms with E-state index in [4.69, 9.17) is 0 Å². The predicted molar refractivity (Wildman–Crippen MR) is 75.7 cm³/mol. The minimum atomic E-state index is -0.376. The van der Waals surface area contributed by atoms with Crippen molar-refractivity contribution in [3.05, 3.63) is 0 Å². The largest absolute Gasteiger partial charge is 0.357 e. The van der Waals surface area contributed by atoms with E-state index in [-0.39, 0.29) is 23.3 Å². The van der Waals surface area contributed by atoms with E-state index >= 15 is 0 Å². The van der Waals surface area contributed by atoms with E-state index in [0.717, 1.165) is 6.54 Å². The van der Waals surface area contributed by atoms with Gasteiger partial charge in [-0.05, 0) is 11.3 Å². The molecule has 1 aliphatic heterocycles. The second-order valence-electron chi connectivity index (χ2n) is 6.39. The Kier molecular flexibility index (Phi) is 5.35. The average molecular weight is 269 g/mol. The van der Waals surface area contributed by atoms with Crippen molar-refractivity contribution < 1.29 is 9.59 Å². The molecule has 2 atom stereocenters. The van der Waals surface area contributed by atoms with Crippen LogP contribution in [0.5, 0.6) is 0 Å². The van der Waals surface area contributed by atoms with Gasteiger partial charge in [0.2, 0.25) is 11.8 Å². The summed E-state index contributed by atoms with van der Waals surface area (Å²) in [5.74, 6) is 0.279. The Morgan fingerprint density at radius 3 is 2.58 bits per heavy atom. The molecule has 0 bridgehead atoms. The summed E-state index contributed by atoms with van der Waals surface area (Å²) in [4.78, 5) is 25.9. The van der Waals surface area contributed by atoms with Crippen LogP contribution >= 0.6 is 0 Å². The number of carbonyl (C=O) groups excluding carboxylic acids is 2.